The fraction of sp³-hybridized carbons (Fsp3) is 0.381. The Morgan fingerprint density at radius 3 is 2.21 bits per heavy atom. The molecule has 6 nitrogen and oxygen atoms in total. The average Bonchev–Trinajstić information content (AvgIpc) is 2.71. The molecule has 0 saturated carbocycles. The first-order chi connectivity index (χ1) is 13.4. The molecular weight excluding hydrogens is 374 g/mol. The van der Waals surface area contributed by atoms with Crippen molar-refractivity contribution >= 4 is 15.9 Å². The highest BCUT2D eigenvalue weighted by atomic mass is 32.2. The van der Waals surface area contributed by atoms with Crippen LogP contribution in [0, 0.1) is 0 Å². The van der Waals surface area contributed by atoms with Crippen LogP contribution in [0.25, 0.3) is 0 Å². The van der Waals surface area contributed by atoms with Crippen molar-refractivity contribution in [3.8, 4) is 0 Å². The standard InChI is InChI=1S/C21H27N3O3S/c1-23-14-12-19(13-15-23)22-21(25)17-24(16-18-8-4-2-5-9-18)28(26,27)20-10-6-3-7-11-20/h2-11,19H,12-17H2,1H3,(H,22,25). The van der Waals surface area contributed by atoms with E-state index in [2.05, 4.69) is 17.3 Å². The van der Waals surface area contributed by atoms with Gasteiger partial charge in [-0.1, -0.05) is 48.5 Å². The molecule has 0 unspecified atom stereocenters. The lowest BCUT2D eigenvalue weighted by Gasteiger charge is -2.30. The molecule has 0 atom stereocenters. The summed E-state index contributed by atoms with van der Waals surface area (Å²) in [5.74, 6) is -0.259. The van der Waals surface area contributed by atoms with Crippen LogP contribution in [0.2, 0.25) is 0 Å². The Morgan fingerprint density at radius 2 is 1.61 bits per heavy atom. The van der Waals surface area contributed by atoms with Crippen LogP contribution in [0.15, 0.2) is 65.6 Å². The van der Waals surface area contributed by atoms with Gasteiger partial charge in [-0.2, -0.15) is 4.31 Å². The van der Waals surface area contributed by atoms with Gasteiger partial charge in [0.05, 0.1) is 11.4 Å². The molecule has 1 N–H and O–H groups in total. The van der Waals surface area contributed by atoms with E-state index in [1.807, 2.05) is 30.3 Å². The van der Waals surface area contributed by atoms with Crippen molar-refractivity contribution in [3.63, 3.8) is 0 Å². The van der Waals surface area contributed by atoms with E-state index in [1.165, 1.54) is 4.31 Å². The number of carbonyl (C=O) groups excluding carboxylic acids is 1. The number of benzene rings is 2. The summed E-state index contributed by atoms with van der Waals surface area (Å²) in [4.78, 5) is 15.1. The van der Waals surface area contributed by atoms with E-state index in [0.717, 1.165) is 31.5 Å². The molecule has 1 amide bonds. The molecule has 1 aliphatic rings. The first-order valence-electron chi connectivity index (χ1n) is 9.52. The van der Waals surface area contributed by atoms with Crippen molar-refractivity contribution in [2.75, 3.05) is 26.7 Å². The van der Waals surface area contributed by atoms with E-state index in [9.17, 15) is 13.2 Å². The van der Waals surface area contributed by atoms with E-state index in [0.29, 0.717) is 0 Å². The molecule has 7 heteroatoms. The van der Waals surface area contributed by atoms with Crippen molar-refractivity contribution in [3.05, 3.63) is 66.2 Å². The number of carbonyl (C=O) groups is 1. The highest BCUT2D eigenvalue weighted by molar-refractivity contribution is 7.89. The summed E-state index contributed by atoms with van der Waals surface area (Å²) in [5, 5.41) is 3.01. The largest absolute Gasteiger partial charge is 0.352 e. The van der Waals surface area contributed by atoms with Crippen LogP contribution in [0.1, 0.15) is 18.4 Å². The minimum absolute atomic E-state index is 0.0988. The van der Waals surface area contributed by atoms with Crippen LogP contribution in [0.4, 0.5) is 0 Å². The molecule has 1 fully saturated rings. The van der Waals surface area contributed by atoms with Gasteiger partial charge in [-0.05, 0) is 50.7 Å². The average molecular weight is 402 g/mol. The van der Waals surface area contributed by atoms with Gasteiger partial charge in [-0.25, -0.2) is 8.42 Å². The maximum absolute atomic E-state index is 13.1. The molecule has 1 saturated heterocycles. The Kier molecular flexibility index (Phi) is 6.83. The minimum Gasteiger partial charge on any atom is -0.352 e. The molecule has 0 aromatic heterocycles. The number of nitrogens with zero attached hydrogens (tertiary/aromatic N) is 2. The molecule has 0 radical (unpaired) electrons. The minimum atomic E-state index is -3.78. The molecule has 150 valence electrons. The zero-order valence-corrected chi connectivity index (χ0v) is 16.9. The van der Waals surface area contributed by atoms with Crippen molar-refractivity contribution < 1.29 is 13.2 Å². The fourth-order valence-electron chi connectivity index (χ4n) is 3.34. The fourth-order valence-corrected chi connectivity index (χ4v) is 4.75. The number of nitrogens with one attached hydrogen (secondary N) is 1. The van der Waals surface area contributed by atoms with Crippen LogP contribution in [0.3, 0.4) is 0 Å². The van der Waals surface area contributed by atoms with Crippen molar-refractivity contribution in [2.45, 2.75) is 30.3 Å². The highest BCUT2D eigenvalue weighted by Gasteiger charge is 2.28. The van der Waals surface area contributed by atoms with E-state index < -0.39 is 10.0 Å². The molecule has 2 aromatic rings. The van der Waals surface area contributed by atoms with Gasteiger partial charge in [0.2, 0.25) is 15.9 Å². The van der Waals surface area contributed by atoms with Gasteiger partial charge in [0.1, 0.15) is 0 Å². The van der Waals surface area contributed by atoms with Gasteiger partial charge in [0.15, 0.2) is 0 Å². The quantitative estimate of drug-likeness (QED) is 0.771. The molecule has 2 aromatic carbocycles. The number of hydrogen-bond acceptors (Lipinski definition) is 4. The summed E-state index contributed by atoms with van der Waals surface area (Å²) in [5.41, 5.74) is 0.842. The molecule has 1 heterocycles. The Bertz CT molecular complexity index is 864. The van der Waals surface area contributed by atoms with Gasteiger partial charge in [-0.15, -0.1) is 0 Å². The maximum Gasteiger partial charge on any atom is 0.243 e. The molecule has 1 aliphatic heterocycles. The molecule has 28 heavy (non-hydrogen) atoms. The van der Waals surface area contributed by atoms with E-state index in [4.69, 9.17) is 0 Å². The second-order valence-electron chi connectivity index (χ2n) is 7.22. The maximum atomic E-state index is 13.1. The predicted molar refractivity (Wildman–Crippen MR) is 109 cm³/mol. The zero-order valence-electron chi connectivity index (χ0n) is 16.1. The third-order valence-electron chi connectivity index (χ3n) is 4.99. The Morgan fingerprint density at radius 1 is 1.04 bits per heavy atom. The van der Waals surface area contributed by atoms with Crippen LogP contribution < -0.4 is 5.32 Å². The number of rotatable bonds is 7. The van der Waals surface area contributed by atoms with Crippen molar-refractivity contribution in [2.24, 2.45) is 0 Å². The third-order valence-corrected chi connectivity index (χ3v) is 6.79. The Hall–Kier alpha value is -2.22. The summed E-state index contributed by atoms with van der Waals surface area (Å²) >= 11 is 0. The summed E-state index contributed by atoms with van der Waals surface area (Å²) in [7, 11) is -1.72. The van der Waals surface area contributed by atoms with Gasteiger partial charge in [-0.3, -0.25) is 4.79 Å². The lowest BCUT2D eigenvalue weighted by Crippen LogP contribution is -2.47. The topological polar surface area (TPSA) is 69.7 Å². The van der Waals surface area contributed by atoms with Crippen LogP contribution in [0.5, 0.6) is 0 Å². The second-order valence-corrected chi connectivity index (χ2v) is 9.15. The lowest BCUT2D eigenvalue weighted by atomic mass is 10.1. The van der Waals surface area contributed by atoms with Crippen molar-refractivity contribution in [1.82, 2.24) is 14.5 Å². The van der Waals surface area contributed by atoms with Crippen LogP contribution in [-0.4, -0.2) is 56.3 Å². The van der Waals surface area contributed by atoms with Crippen molar-refractivity contribution in [1.29, 1.82) is 0 Å². The van der Waals surface area contributed by atoms with Gasteiger partial charge in [0, 0.05) is 12.6 Å². The zero-order chi connectivity index (χ0) is 20.0. The van der Waals surface area contributed by atoms with Gasteiger partial charge >= 0.3 is 0 Å². The first kappa shape index (κ1) is 20.5. The Balaban J connectivity index is 1.75. The highest BCUT2D eigenvalue weighted by Crippen LogP contribution is 2.18. The van der Waals surface area contributed by atoms with Crippen LogP contribution in [-0.2, 0) is 21.4 Å². The molecular formula is C21H27N3O3S. The first-order valence-corrected chi connectivity index (χ1v) is 11.0. The summed E-state index contributed by atoms with van der Waals surface area (Å²) in [6.07, 6.45) is 1.76. The number of sulfonamides is 1. The SMILES string of the molecule is CN1CCC(NC(=O)CN(Cc2ccccc2)S(=O)(=O)c2ccccc2)CC1. The molecule has 3 rings (SSSR count). The van der Waals surface area contributed by atoms with Gasteiger partial charge < -0.3 is 10.2 Å². The smallest absolute Gasteiger partial charge is 0.243 e. The number of piperidine rings is 1. The lowest BCUT2D eigenvalue weighted by molar-refractivity contribution is -0.122. The number of likely N-dealkylation sites (tertiary alicyclic amines) is 1. The molecule has 0 bridgehead atoms. The predicted octanol–water partition coefficient (Wildman–Crippen LogP) is 2.09. The van der Waals surface area contributed by atoms with Crippen LogP contribution >= 0.6 is 0 Å². The van der Waals surface area contributed by atoms with E-state index >= 15 is 0 Å². The third kappa shape index (κ3) is 5.41. The summed E-state index contributed by atoms with van der Waals surface area (Å²) in [6.45, 7) is 1.82. The molecule has 0 spiro atoms. The summed E-state index contributed by atoms with van der Waals surface area (Å²) in [6, 6.07) is 17.7. The van der Waals surface area contributed by atoms with E-state index in [1.54, 1.807) is 30.3 Å². The van der Waals surface area contributed by atoms with E-state index in [-0.39, 0.29) is 29.9 Å². The monoisotopic (exact) mass is 401 g/mol. The van der Waals surface area contributed by atoms with Gasteiger partial charge in [0.25, 0.3) is 0 Å². The molecule has 0 aliphatic carbocycles. The number of amides is 1. The Labute approximate surface area is 167 Å². The number of hydrogen-bond donors (Lipinski definition) is 1. The normalized spacial score (nSPS) is 16.2. The summed E-state index contributed by atoms with van der Waals surface area (Å²) < 4.78 is 27.5. The second kappa shape index (κ2) is 9.32.